The molecule has 1 aromatic heterocycles. The van der Waals surface area contributed by atoms with Crippen LogP contribution in [-0.2, 0) is 0 Å². The fourth-order valence-corrected chi connectivity index (χ4v) is 3.39. The van der Waals surface area contributed by atoms with Crippen molar-refractivity contribution in [2.75, 3.05) is 0 Å². The highest BCUT2D eigenvalue weighted by Gasteiger charge is 2.37. The van der Waals surface area contributed by atoms with Crippen LogP contribution in [0, 0.1) is 22.7 Å². The van der Waals surface area contributed by atoms with Gasteiger partial charge >= 0.3 is 0 Å². The Morgan fingerprint density at radius 3 is 2.87 bits per heavy atom. The standard InChI is InChI=1S/C18H12ClN3O/c19-11-3-1-2-10(8-11)16-13-4-5-15-12(6-7-22-15)17(13)23-18(21)14(16)9-20/h1-8,14,16,21-22H. The highest BCUT2D eigenvalue weighted by Crippen LogP contribution is 2.45. The minimum Gasteiger partial charge on any atom is -0.441 e. The molecule has 0 aliphatic carbocycles. The van der Waals surface area contributed by atoms with Crippen LogP contribution in [0.25, 0.3) is 10.9 Å². The molecule has 2 atom stereocenters. The molecule has 4 nitrogen and oxygen atoms in total. The number of nitrogens with zero attached hydrogens (tertiary/aromatic N) is 1. The van der Waals surface area contributed by atoms with E-state index in [0.29, 0.717) is 10.8 Å². The van der Waals surface area contributed by atoms with E-state index in [0.717, 1.165) is 22.0 Å². The maximum Gasteiger partial charge on any atom is 0.205 e. The van der Waals surface area contributed by atoms with E-state index in [1.54, 1.807) is 6.07 Å². The Labute approximate surface area is 137 Å². The average molecular weight is 322 g/mol. The van der Waals surface area contributed by atoms with E-state index in [1.165, 1.54) is 0 Å². The molecule has 2 unspecified atom stereocenters. The third-order valence-electron chi connectivity index (χ3n) is 4.23. The third kappa shape index (κ3) is 2.09. The van der Waals surface area contributed by atoms with Crippen LogP contribution in [-0.4, -0.2) is 10.9 Å². The van der Waals surface area contributed by atoms with Gasteiger partial charge in [-0.3, -0.25) is 5.41 Å². The predicted molar refractivity (Wildman–Crippen MR) is 89.1 cm³/mol. The Hall–Kier alpha value is -2.77. The molecule has 1 aliphatic rings. The first-order chi connectivity index (χ1) is 11.2. The molecular formula is C18H12ClN3O. The molecular weight excluding hydrogens is 310 g/mol. The quantitative estimate of drug-likeness (QED) is 0.694. The lowest BCUT2D eigenvalue weighted by Crippen LogP contribution is -2.31. The van der Waals surface area contributed by atoms with Crippen LogP contribution in [0.5, 0.6) is 5.75 Å². The average Bonchev–Trinajstić information content (AvgIpc) is 3.02. The fraction of sp³-hybridized carbons (Fsp3) is 0.111. The fourth-order valence-electron chi connectivity index (χ4n) is 3.19. The summed E-state index contributed by atoms with van der Waals surface area (Å²) >= 11 is 6.12. The Kier molecular flexibility index (Phi) is 3.10. The molecule has 0 saturated heterocycles. The molecule has 3 aromatic rings. The molecule has 0 fully saturated rings. The summed E-state index contributed by atoms with van der Waals surface area (Å²) in [6.45, 7) is 0. The van der Waals surface area contributed by atoms with Crippen molar-refractivity contribution in [1.82, 2.24) is 4.98 Å². The summed E-state index contributed by atoms with van der Waals surface area (Å²) in [5.74, 6) is -0.324. The van der Waals surface area contributed by atoms with E-state index < -0.39 is 5.92 Å². The van der Waals surface area contributed by atoms with Crippen molar-refractivity contribution in [3.8, 4) is 11.8 Å². The first-order valence-electron chi connectivity index (χ1n) is 7.20. The van der Waals surface area contributed by atoms with Crippen molar-refractivity contribution < 1.29 is 4.74 Å². The number of halogens is 1. The van der Waals surface area contributed by atoms with Gasteiger partial charge < -0.3 is 9.72 Å². The van der Waals surface area contributed by atoms with Gasteiger partial charge in [0, 0.05) is 33.6 Å². The molecule has 0 radical (unpaired) electrons. The topological polar surface area (TPSA) is 72.7 Å². The Bertz CT molecular complexity index is 970. The summed E-state index contributed by atoms with van der Waals surface area (Å²) in [6.07, 6.45) is 1.84. The lowest BCUT2D eigenvalue weighted by Gasteiger charge is -2.30. The number of aromatic nitrogens is 1. The van der Waals surface area contributed by atoms with Gasteiger partial charge in [-0.15, -0.1) is 0 Å². The van der Waals surface area contributed by atoms with Gasteiger partial charge in [-0.05, 0) is 29.8 Å². The first kappa shape index (κ1) is 13.9. The number of aromatic amines is 1. The van der Waals surface area contributed by atoms with Gasteiger partial charge in [0.05, 0.1) is 6.07 Å². The number of hydrogen-bond donors (Lipinski definition) is 2. The lowest BCUT2D eigenvalue weighted by molar-refractivity contribution is 0.455. The summed E-state index contributed by atoms with van der Waals surface area (Å²) in [4.78, 5) is 3.14. The summed E-state index contributed by atoms with van der Waals surface area (Å²) in [6, 6.07) is 15.5. The maximum absolute atomic E-state index is 9.55. The molecule has 4 rings (SSSR count). The molecule has 1 aliphatic heterocycles. The number of ether oxygens (including phenoxy) is 1. The van der Waals surface area contributed by atoms with Gasteiger partial charge in [-0.1, -0.05) is 29.8 Å². The molecule has 112 valence electrons. The van der Waals surface area contributed by atoms with E-state index in [9.17, 15) is 5.26 Å². The SMILES string of the molecule is N#CC1C(=N)Oc2c(ccc3[nH]ccc23)C1c1cccc(Cl)c1. The number of H-pyrrole nitrogens is 1. The Morgan fingerprint density at radius 2 is 2.09 bits per heavy atom. The van der Waals surface area contributed by atoms with Crippen LogP contribution in [0.3, 0.4) is 0 Å². The summed E-state index contributed by atoms with van der Waals surface area (Å²) in [7, 11) is 0. The molecule has 0 spiro atoms. The monoisotopic (exact) mass is 321 g/mol. The number of fused-ring (bicyclic) bond motifs is 3. The van der Waals surface area contributed by atoms with Gasteiger partial charge in [-0.2, -0.15) is 5.26 Å². The van der Waals surface area contributed by atoms with Crippen LogP contribution < -0.4 is 4.74 Å². The number of nitriles is 1. The van der Waals surface area contributed by atoms with Crippen molar-refractivity contribution >= 4 is 28.4 Å². The number of hydrogen-bond acceptors (Lipinski definition) is 3. The van der Waals surface area contributed by atoms with Gasteiger partial charge in [0.1, 0.15) is 11.7 Å². The second-order valence-corrected chi connectivity index (χ2v) is 5.97. The van der Waals surface area contributed by atoms with Gasteiger partial charge in [0.2, 0.25) is 5.90 Å². The molecule has 5 heteroatoms. The van der Waals surface area contributed by atoms with E-state index >= 15 is 0 Å². The number of benzene rings is 2. The van der Waals surface area contributed by atoms with Gasteiger partial charge in [0.25, 0.3) is 0 Å². The molecule has 0 bridgehead atoms. The highest BCUT2D eigenvalue weighted by molar-refractivity contribution is 6.30. The summed E-state index contributed by atoms with van der Waals surface area (Å²) < 4.78 is 5.70. The largest absolute Gasteiger partial charge is 0.441 e. The first-order valence-corrected chi connectivity index (χ1v) is 7.58. The second-order valence-electron chi connectivity index (χ2n) is 5.53. The third-order valence-corrected chi connectivity index (χ3v) is 4.46. The minimum atomic E-state index is -0.669. The van der Waals surface area contributed by atoms with E-state index in [-0.39, 0.29) is 11.8 Å². The van der Waals surface area contributed by atoms with E-state index in [2.05, 4.69) is 11.1 Å². The zero-order valence-corrected chi connectivity index (χ0v) is 12.8. The lowest BCUT2D eigenvalue weighted by atomic mass is 9.79. The van der Waals surface area contributed by atoms with Crippen LogP contribution in [0.15, 0.2) is 48.7 Å². The Balaban J connectivity index is 1.99. The highest BCUT2D eigenvalue weighted by atomic mass is 35.5. The van der Waals surface area contributed by atoms with Crippen LogP contribution in [0.4, 0.5) is 0 Å². The molecule has 23 heavy (non-hydrogen) atoms. The van der Waals surface area contributed by atoms with Gasteiger partial charge in [0.15, 0.2) is 0 Å². The van der Waals surface area contributed by atoms with Crippen molar-refractivity contribution in [2.45, 2.75) is 5.92 Å². The number of rotatable bonds is 1. The molecule has 2 aromatic carbocycles. The summed E-state index contributed by atoms with van der Waals surface area (Å²) in [5, 5.41) is 19.2. The van der Waals surface area contributed by atoms with Crippen LogP contribution >= 0.6 is 11.6 Å². The normalized spacial score (nSPS) is 19.9. The molecule has 0 amide bonds. The smallest absolute Gasteiger partial charge is 0.205 e. The predicted octanol–water partition coefficient (Wildman–Crippen LogP) is 4.46. The number of nitrogens with one attached hydrogen (secondary N) is 2. The van der Waals surface area contributed by atoms with E-state index in [1.807, 2.05) is 42.6 Å². The van der Waals surface area contributed by atoms with Crippen molar-refractivity contribution in [3.05, 3.63) is 64.8 Å². The molecule has 0 saturated carbocycles. The summed E-state index contributed by atoms with van der Waals surface area (Å²) in [5.41, 5.74) is 2.76. The maximum atomic E-state index is 9.55. The van der Waals surface area contributed by atoms with Crippen LogP contribution in [0.2, 0.25) is 5.02 Å². The second kappa shape index (κ2) is 5.15. The molecule has 2 heterocycles. The zero-order valence-electron chi connectivity index (χ0n) is 12.0. The molecule has 2 N–H and O–H groups in total. The van der Waals surface area contributed by atoms with Crippen molar-refractivity contribution in [3.63, 3.8) is 0 Å². The van der Waals surface area contributed by atoms with Crippen molar-refractivity contribution in [2.24, 2.45) is 5.92 Å². The van der Waals surface area contributed by atoms with Crippen molar-refractivity contribution in [1.29, 1.82) is 10.7 Å². The Morgan fingerprint density at radius 1 is 1.22 bits per heavy atom. The van der Waals surface area contributed by atoms with E-state index in [4.69, 9.17) is 21.7 Å². The minimum absolute atomic E-state index is 0.0290. The van der Waals surface area contributed by atoms with Gasteiger partial charge in [-0.25, -0.2) is 0 Å². The van der Waals surface area contributed by atoms with Crippen LogP contribution in [0.1, 0.15) is 17.0 Å². The zero-order chi connectivity index (χ0) is 16.0.